The third-order valence-corrected chi connectivity index (χ3v) is 4.35. The molecule has 0 aliphatic carbocycles. The van der Waals surface area contributed by atoms with Crippen LogP contribution in [0.5, 0.6) is 0 Å². The van der Waals surface area contributed by atoms with Crippen LogP contribution in [0.4, 0.5) is 0 Å². The zero-order valence-electron chi connectivity index (χ0n) is 16.0. The molecule has 0 fully saturated rings. The summed E-state index contributed by atoms with van der Waals surface area (Å²) in [5.74, 6) is 2.66. The van der Waals surface area contributed by atoms with Crippen LogP contribution < -0.4 is 0 Å². The van der Waals surface area contributed by atoms with Crippen molar-refractivity contribution in [2.75, 3.05) is 6.61 Å². The summed E-state index contributed by atoms with van der Waals surface area (Å²) in [4.78, 5) is 11.8. The van der Waals surface area contributed by atoms with Gasteiger partial charge in [-0.15, -0.1) is 0 Å². The molecule has 2 nitrogen and oxygen atoms in total. The average molecular weight is 313 g/mol. The maximum atomic E-state index is 11.8. The number of rotatable bonds is 13. The molecule has 0 rings (SSSR count). The summed E-state index contributed by atoms with van der Waals surface area (Å²) in [6.45, 7) is 14.1. The molecule has 2 atom stereocenters. The molecule has 0 N–H and O–H groups in total. The monoisotopic (exact) mass is 312 g/mol. The zero-order chi connectivity index (χ0) is 17.0. The highest BCUT2D eigenvalue weighted by Crippen LogP contribution is 2.17. The number of carbonyl (C=O) groups excluding carboxylic acids is 1. The van der Waals surface area contributed by atoms with Crippen molar-refractivity contribution >= 4 is 5.97 Å². The van der Waals surface area contributed by atoms with E-state index in [4.69, 9.17) is 4.74 Å². The maximum Gasteiger partial charge on any atom is 0.306 e. The number of hydrogen-bond donors (Lipinski definition) is 0. The molecule has 22 heavy (non-hydrogen) atoms. The fraction of sp³-hybridized carbons (Fsp3) is 0.950. The largest absolute Gasteiger partial charge is 0.466 e. The van der Waals surface area contributed by atoms with Crippen molar-refractivity contribution in [1.82, 2.24) is 0 Å². The van der Waals surface area contributed by atoms with Crippen LogP contribution in [0, 0.1) is 23.7 Å². The van der Waals surface area contributed by atoms with Gasteiger partial charge in [-0.3, -0.25) is 4.79 Å². The Morgan fingerprint density at radius 1 is 0.727 bits per heavy atom. The normalized spacial score (nSPS) is 14.4. The SMILES string of the molecule is CC(C)CCCC(C)CCOC(=O)CC(C)CCCC(C)C. The van der Waals surface area contributed by atoms with Crippen molar-refractivity contribution < 1.29 is 9.53 Å². The van der Waals surface area contributed by atoms with E-state index in [0.717, 1.165) is 24.7 Å². The van der Waals surface area contributed by atoms with Gasteiger partial charge in [-0.05, 0) is 30.1 Å². The van der Waals surface area contributed by atoms with Crippen molar-refractivity contribution in [2.24, 2.45) is 23.7 Å². The van der Waals surface area contributed by atoms with Crippen LogP contribution in [0.15, 0.2) is 0 Å². The molecule has 0 heterocycles. The summed E-state index contributed by atoms with van der Waals surface area (Å²) < 4.78 is 5.40. The molecular weight excluding hydrogens is 272 g/mol. The maximum absolute atomic E-state index is 11.8. The van der Waals surface area contributed by atoms with Gasteiger partial charge in [-0.25, -0.2) is 0 Å². The first kappa shape index (κ1) is 21.5. The Morgan fingerprint density at radius 3 is 1.73 bits per heavy atom. The number of carbonyl (C=O) groups is 1. The van der Waals surface area contributed by atoms with Gasteiger partial charge in [0, 0.05) is 6.42 Å². The van der Waals surface area contributed by atoms with E-state index in [2.05, 4.69) is 41.5 Å². The van der Waals surface area contributed by atoms with Crippen LogP contribution in [-0.2, 0) is 9.53 Å². The lowest BCUT2D eigenvalue weighted by Crippen LogP contribution is -2.12. The Morgan fingerprint density at radius 2 is 1.23 bits per heavy atom. The van der Waals surface area contributed by atoms with E-state index in [0.29, 0.717) is 24.9 Å². The lowest BCUT2D eigenvalue weighted by Gasteiger charge is -2.14. The van der Waals surface area contributed by atoms with Gasteiger partial charge in [-0.2, -0.15) is 0 Å². The van der Waals surface area contributed by atoms with Crippen molar-refractivity contribution in [2.45, 2.75) is 92.9 Å². The third-order valence-electron chi connectivity index (χ3n) is 4.35. The fourth-order valence-electron chi connectivity index (χ4n) is 2.71. The Balaban J connectivity index is 3.59. The summed E-state index contributed by atoms with van der Waals surface area (Å²) in [6, 6.07) is 0. The fourth-order valence-corrected chi connectivity index (χ4v) is 2.71. The van der Waals surface area contributed by atoms with Gasteiger partial charge in [0.1, 0.15) is 0 Å². The molecule has 0 aliphatic rings. The lowest BCUT2D eigenvalue weighted by atomic mass is 9.97. The predicted octanol–water partition coefficient (Wildman–Crippen LogP) is 6.23. The van der Waals surface area contributed by atoms with Gasteiger partial charge >= 0.3 is 5.97 Å². The first-order chi connectivity index (χ1) is 10.3. The molecule has 132 valence electrons. The first-order valence-corrected chi connectivity index (χ1v) is 9.46. The van der Waals surface area contributed by atoms with Crippen LogP contribution in [0.2, 0.25) is 0 Å². The van der Waals surface area contributed by atoms with Crippen molar-refractivity contribution in [3.05, 3.63) is 0 Å². The van der Waals surface area contributed by atoms with E-state index >= 15 is 0 Å². The Bertz CT molecular complexity index is 271. The highest BCUT2D eigenvalue weighted by atomic mass is 16.5. The molecule has 2 heteroatoms. The summed E-state index contributed by atoms with van der Waals surface area (Å²) in [7, 11) is 0. The number of hydrogen-bond acceptors (Lipinski definition) is 2. The Hall–Kier alpha value is -0.530. The molecule has 0 saturated carbocycles. The van der Waals surface area contributed by atoms with E-state index < -0.39 is 0 Å². The van der Waals surface area contributed by atoms with Crippen molar-refractivity contribution in [1.29, 1.82) is 0 Å². The van der Waals surface area contributed by atoms with Crippen LogP contribution in [0.25, 0.3) is 0 Å². The predicted molar refractivity (Wildman–Crippen MR) is 95.9 cm³/mol. The Kier molecular flexibility index (Phi) is 12.6. The highest BCUT2D eigenvalue weighted by molar-refractivity contribution is 5.69. The minimum atomic E-state index is -0.00794. The molecule has 0 bridgehead atoms. The van der Waals surface area contributed by atoms with Crippen LogP contribution in [0.1, 0.15) is 92.9 Å². The molecule has 0 spiro atoms. The molecule has 0 aromatic heterocycles. The van der Waals surface area contributed by atoms with Crippen LogP contribution >= 0.6 is 0 Å². The third kappa shape index (κ3) is 14.4. The molecule has 0 saturated heterocycles. The Labute approximate surface area is 139 Å². The van der Waals surface area contributed by atoms with Crippen LogP contribution in [-0.4, -0.2) is 12.6 Å². The molecule has 0 amide bonds. The molecular formula is C20H40O2. The van der Waals surface area contributed by atoms with E-state index in [-0.39, 0.29) is 5.97 Å². The lowest BCUT2D eigenvalue weighted by molar-refractivity contribution is -0.145. The molecule has 0 aromatic rings. The topological polar surface area (TPSA) is 26.3 Å². The minimum absolute atomic E-state index is 0.00794. The van der Waals surface area contributed by atoms with Gasteiger partial charge in [0.25, 0.3) is 0 Å². The van der Waals surface area contributed by atoms with Gasteiger partial charge in [0.15, 0.2) is 0 Å². The molecule has 0 aliphatic heterocycles. The van der Waals surface area contributed by atoms with E-state index in [1.54, 1.807) is 0 Å². The second-order valence-electron chi connectivity index (χ2n) is 8.07. The van der Waals surface area contributed by atoms with Gasteiger partial charge in [0.05, 0.1) is 6.61 Å². The summed E-state index contributed by atoms with van der Waals surface area (Å²) >= 11 is 0. The van der Waals surface area contributed by atoms with Gasteiger partial charge in [0.2, 0.25) is 0 Å². The summed E-state index contributed by atoms with van der Waals surface area (Å²) in [6.07, 6.45) is 9.05. The molecule has 0 radical (unpaired) electrons. The zero-order valence-corrected chi connectivity index (χ0v) is 16.0. The van der Waals surface area contributed by atoms with Crippen LogP contribution in [0.3, 0.4) is 0 Å². The number of esters is 1. The van der Waals surface area contributed by atoms with E-state index in [9.17, 15) is 4.79 Å². The second-order valence-corrected chi connectivity index (χ2v) is 8.07. The average Bonchev–Trinajstić information content (AvgIpc) is 2.37. The summed E-state index contributed by atoms with van der Waals surface area (Å²) in [5, 5.41) is 0. The second kappa shape index (κ2) is 13.0. The summed E-state index contributed by atoms with van der Waals surface area (Å²) in [5.41, 5.74) is 0. The van der Waals surface area contributed by atoms with E-state index in [1.807, 2.05) is 0 Å². The van der Waals surface area contributed by atoms with Gasteiger partial charge < -0.3 is 4.74 Å². The standard InChI is InChI=1S/C20H40O2/c1-16(2)9-7-11-18(5)13-14-22-20(21)15-19(6)12-8-10-17(3)4/h16-19H,7-15H2,1-6H3. The van der Waals surface area contributed by atoms with E-state index in [1.165, 1.54) is 32.1 Å². The highest BCUT2D eigenvalue weighted by Gasteiger charge is 2.11. The van der Waals surface area contributed by atoms with Crippen molar-refractivity contribution in [3.63, 3.8) is 0 Å². The first-order valence-electron chi connectivity index (χ1n) is 9.46. The quantitative estimate of drug-likeness (QED) is 0.376. The molecule has 0 aromatic carbocycles. The van der Waals surface area contributed by atoms with Crippen molar-refractivity contribution in [3.8, 4) is 0 Å². The number of ether oxygens (including phenoxy) is 1. The molecule has 2 unspecified atom stereocenters. The minimum Gasteiger partial charge on any atom is -0.466 e. The van der Waals surface area contributed by atoms with Gasteiger partial charge in [-0.1, -0.05) is 80.1 Å². The smallest absolute Gasteiger partial charge is 0.306 e.